The van der Waals surface area contributed by atoms with E-state index < -0.39 is 11.7 Å². The molecule has 1 aliphatic heterocycles. The summed E-state index contributed by atoms with van der Waals surface area (Å²) in [5, 5.41) is 19.5. The van der Waals surface area contributed by atoms with E-state index in [1.54, 1.807) is 6.07 Å². The van der Waals surface area contributed by atoms with Crippen molar-refractivity contribution in [3.63, 3.8) is 0 Å². The Morgan fingerprint density at radius 2 is 2.00 bits per heavy atom. The van der Waals surface area contributed by atoms with E-state index in [0.29, 0.717) is 5.56 Å². The highest BCUT2D eigenvalue weighted by Gasteiger charge is 2.35. The van der Waals surface area contributed by atoms with Gasteiger partial charge < -0.3 is 15.1 Å². The fraction of sp³-hybridized carbons (Fsp3) is 0.462. The standard InChI is InChI=1S/C13H16FNO3S/c1-19-11-7-9(6-10(14)8-11)13(18)2-4-15(5-3-13)12(16)17/h6-8,18H,2-5H2,1H3,(H,16,17). The average Bonchev–Trinajstić information content (AvgIpc) is 2.38. The summed E-state index contributed by atoms with van der Waals surface area (Å²) in [4.78, 5) is 12.9. The van der Waals surface area contributed by atoms with Crippen molar-refractivity contribution in [3.05, 3.63) is 29.6 Å². The molecule has 0 bridgehead atoms. The first-order chi connectivity index (χ1) is 8.94. The molecule has 0 atom stereocenters. The third kappa shape index (κ3) is 3.01. The van der Waals surface area contributed by atoms with Crippen LogP contribution < -0.4 is 0 Å². The summed E-state index contributed by atoms with van der Waals surface area (Å²) in [5.41, 5.74) is -0.611. The third-order valence-electron chi connectivity index (χ3n) is 3.51. The van der Waals surface area contributed by atoms with Crippen molar-refractivity contribution in [3.8, 4) is 0 Å². The molecule has 2 rings (SSSR count). The molecule has 1 amide bonds. The number of nitrogens with zero attached hydrogens (tertiary/aromatic N) is 1. The molecule has 2 N–H and O–H groups in total. The highest BCUT2D eigenvalue weighted by Crippen LogP contribution is 2.35. The van der Waals surface area contributed by atoms with Crippen LogP contribution in [-0.4, -0.2) is 40.6 Å². The predicted octanol–water partition coefficient (Wildman–Crippen LogP) is 2.51. The summed E-state index contributed by atoms with van der Waals surface area (Å²) in [6.45, 7) is 0.522. The number of piperidine rings is 1. The topological polar surface area (TPSA) is 60.8 Å². The maximum atomic E-state index is 13.5. The molecular formula is C13H16FNO3S. The Balaban J connectivity index is 2.22. The van der Waals surface area contributed by atoms with E-state index in [9.17, 15) is 14.3 Å². The Kier molecular flexibility index (Phi) is 4.01. The molecule has 1 fully saturated rings. The average molecular weight is 285 g/mol. The molecule has 1 saturated heterocycles. The summed E-state index contributed by atoms with van der Waals surface area (Å²) in [6.07, 6.45) is 1.44. The van der Waals surface area contributed by atoms with Gasteiger partial charge in [0.05, 0.1) is 5.60 Å². The van der Waals surface area contributed by atoms with Crippen molar-refractivity contribution in [2.45, 2.75) is 23.3 Å². The normalized spacial score (nSPS) is 18.4. The Morgan fingerprint density at radius 1 is 1.37 bits per heavy atom. The molecule has 0 spiro atoms. The van der Waals surface area contributed by atoms with Crippen LogP contribution in [0.2, 0.25) is 0 Å². The van der Waals surface area contributed by atoms with Crippen molar-refractivity contribution in [1.29, 1.82) is 0 Å². The number of likely N-dealkylation sites (tertiary alicyclic amines) is 1. The monoisotopic (exact) mass is 285 g/mol. The molecule has 6 heteroatoms. The zero-order valence-electron chi connectivity index (χ0n) is 10.6. The van der Waals surface area contributed by atoms with Crippen LogP contribution >= 0.6 is 11.8 Å². The molecule has 0 radical (unpaired) electrons. The third-order valence-corrected chi connectivity index (χ3v) is 4.21. The van der Waals surface area contributed by atoms with Gasteiger partial charge >= 0.3 is 6.09 Å². The number of thioether (sulfide) groups is 1. The van der Waals surface area contributed by atoms with Gasteiger partial charge in [-0.1, -0.05) is 0 Å². The van der Waals surface area contributed by atoms with Crippen LogP contribution in [0.1, 0.15) is 18.4 Å². The maximum Gasteiger partial charge on any atom is 0.407 e. The van der Waals surface area contributed by atoms with Crippen LogP contribution in [0.4, 0.5) is 9.18 Å². The van der Waals surface area contributed by atoms with E-state index in [1.165, 1.54) is 28.8 Å². The molecule has 19 heavy (non-hydrogen) atoms. The van der Waals surface area contributed by atoms with Gasteiger partial charge in [-0.15, -0.1) is 11.8 Å². The summed E-state index contributed by atoms with van der Waals surface area (Å²) in [7, 11) is 0. The van der Waals surface area contributed by atoms with Crippen molar-refractivity contribution in [1.82, 2.24) is 4.90 Å². The second-order valence-corrected chi connectivity index (χ2v) is 5.56. The summed E-state index contributed by atoms with van der Waals surface area (Å²) < 4.78 is 13.5. The molecule has 1 aromatic rings. The fourth-order valence-electron chi connectivity index (χ4n) is 2.31. The number of hydrogen-bond acceptors (Lipinski definition) is 3. The van der Waals surface area contributed by atoms with Crippen molar-refractivity contribution in [2.75, 3.05) is 19.3 Å². The lowest BCUT2D eigenvalue weighted by atomic mass is 9.84. The van der Waals surface area contributed by atoms with Gasteiger partial charge in [0.15, 0.2) is 0 Å². The second kappa shape index (κ2) is 5.38. The van der Waals surface area contributed by atoms with E-state index in [1.807, 2.05) is 6.26 Å². The minimum atomic E-state index is -1.14. The summed E-state index contributed by atoms with van der Waals surface area (Å²) in [5.74, 6) is -0.379. The van der Waals surface area contributed by atoms with Gasteiger partial charge in [-0.2, -0.15) is 0 Å². The molecule has 1 aromatic carbocycles. The molecule has 0 aromatic heterocycles. The minimum absolute atomic E-state index is 0.261. The first-order valence-corrected chi connectivity index (χ1v) is 7.22. The number of carbonyl (C=O) groups is 1. The zero-order valence-corrected chi connectivity index (χ0v) is 11.4. The fourth-order valence-corrected chi connectivity index (χ4v) is 2.78. The van der Waals surface area contributed by atoms with Gasteiger partial charge in [-0.25, -0.2) is 9.18 Å². The highest BCUT2D eigenvalue weighted by atomic mass is 32.2. The van der Waals surface area contributed by atoms with Gasteiger partial charge in [-0.05, 0) is 42.9 Å². The van der Waals surface area contributed by atoms with E-state index >= 15 is 0 Å². The zero-order chi connectivity index (χ0) is 14.0. The smallest absolute Gasteiger partial charge is 0.407 e. The molecular weight excluding hydrogens is 269 g/mol. The van der Waals surface area contributed by atoms with Gasteiger partial charge in [0.2, 0.25) is 0 Å². The number of rotatable bonds is 2. The first-order valence-electron chi connectivity index (χ1n) is 6.00. The molecule has 0 saturated carbocycles. The second-order valence-electron chi connectivity index (χ2n) is 4.68. The molecule has 4 nitrogen and oxygen atoms in total. The van der Waals surface area contributed by atoms with E-state index in [2.05, 4.69) is 0 Å². The molecule has 104 valence electrons. The van der Waals surface area contributed by atoms with Crippen LogP contribution in [0.25, 0.3) is 0 Å². The van der Waals surface area contributed by atoms with Crippen molar-refractivity contribution >= 4 is 17.9 Å². The van der Waals surface area contributed by atoms with Crippen LogP contribution in [0.15, 0.2) is 23.1 Å². The quantitative estimate of drug-likeness (QED) is 0.820. The Morgan fingerprint density at radius 3 is 2.53 bits per heavy atom. The van der Waals surface area contributed by atoms with E-state index in [4.69, 9.17) is 5.11 Å². The number of hydrogen-bond donors (Lipinski definition) is 2. The number of halogens is 1. The van der Waals surface area contributed by atoms with Gasteiger partial charge in [0.25, 0.3) is 0 Å². The largest absolute Gasteiger partial charge is 0.465 e. The van der Waals surface area contributed by atoms with Gasteiger partial charge in [0, 0.05) is 18.0 Å². The van der Waals surface area contributed by atoms with Crippen LogP contribution in [0.3, 0.4) is 0 Å². The molecule has 0 unspecified atom stereocenters. The minimum Gasteiger partial charge on any atom is -0.465 e. The summed E-state index contributed by atoms with van der Waals surface area (Å²) in [6, 6.07) is 4.52. The molecule has 0 aliphatic carbocycles. The SMILES string of the molecule is CSc1cc(F)cc(C2(O)CCN(C(=O)O)CC2)c1. The number of benzene rings is 1. The van der Waals surface area contributed by atoms with E-state index in [-0.39, 0.29) is 31.7 Å². The summed E-state index contributed by atoms with van der Waals surface area (Å²) >= 11 is 1.41. The van der Waals surface area contributed by atoms with Gasteiger partial charge in [-0.3, -0.25) is 0 Å². The maximum absolute atomic E-state index is 13.5. The number of carboxylic acid groups (broad SMARTS) is 1. The Bertz CT molecular complexity index is 487. The Hall–Kier alpha value is -1.27. The molecule has 1 heterocycles. The predicted molar refractivity (Wildman–Crippen MR) is 70.9 cm³/mol. The lowest BCUT2D eigenvalue weighted by Gasteiger charge is -2.37. The Labute approximate surface area is 115 Å². The molecule has 1 aliphatic rings. The van der Waals surface area contributed by atoms with Crippen molar-refractivity contribution < 1.29 is 19.4 Å². The van der Waals surface area contributed by atoms with Crippen LogP contribution in [0, 0.1) is 5.82 Å². The lowest BCUT2D eigenvalue weighted by molar-refractivity contribution is -0.0217. The van der Waals surface area contributed by atoms with Gasteiger partial charge in [0.1, 0.15) is 5.82 Å². The van der Waals surface area contributed by atoms with Crippen LogP contribution in [-0.2, 0) is 5.60 Å². The number of amides is 1. The number of aliphatic hydroxyl groups is 1. The van der Waals surface area contributed by atoms with Crippen LogP contribution in [0.5, 0.6) is 0 Å². The van der Waals surface area contributed by atoms with Crippen molar-refractivity contribution in [2.24, 2.45) is 0 Å². The highest BCUT2D eigenvalue weighted by molar-refractivity contribution is 7.98. The lowest BCUT2D eigenvalue weighted by Crippen LogP contribution is -2.44. The van der Waals surface area contributed by atoms with E-state index in [0.717, 1.165) is 4.90 Å². The first kappa shape index (κ1) is 14.1.